The highest BCUT2D eigenvalue weighted by molar-refractivity contribution is 6.09. The average molecular weight is 579 g/mol. The Labute approximate surface area is 234 Å². The maximum atomic E-state index is 13.6. The minimum absolute atomic E-state index is 0.103. The molecular formula is C26H34N4O11. The number of carbonyl (C=O) groups excluding carboxylic acids is 5. The number of nitrogens with one attached hydrogen (secondary N) is 3. The zero-order chi connectivity index (χ0) is 31.4. The fourth-order valence-electron chi connectivity index (χ4n) is 3.93. The number of rotatable bonds is 17. The molecule has 15 heteroatoms. The number of hydrogen-bond acceptors (Lipinski definition) is 9. The number of carbonyl (C=O) groups is 8. The van der Waals surface area contributed by atoms with Crippen LogP contribution in [0.15, 0.2) is 30.3 Å². The molecule has 5 atom stereocenters. The van der Waals surface area contributed by atoms with Crippen molar-refractivity contribution in [3.05, 3.63) is 35.9 Å². The predicted molar refractivity (Wildman–Crippen MR) is 140 cm³/mol. The lowest BCUT2D eigenvalue weighted by molar-refractivity contribution is -0.141. The Kier molecular flexibility index (Phi) is 13.3. The van der Waals surface area contributed by atoms with Crippen LogP contribution in [0.25, 0.3) is 0 Å². The molecule has 0 bridgehead atoms. The second-order valence-electron chi connectivity index (χ2n) is 9.61. The number of nitrogens with two attached hydrogens (primary N) is 1. The van der Waals surface area contributed by atoms with Crippen LogP contribution in [-0.4, -0.2) is 86.7 Å². The second kappa shape index (κ2) is 15.8. The molecule has 0 aliphatic carbocycles. The third-order valence-corrected chi connectivity index (χ3v) is 5.87. The molecule has 0 radical (unpaired) electrons. The number of aliphatic carboxylic acids is 3. The van der Waals surface area contributed by atoms with Gasteiger partial charge in [-0.1, -0.05) is 44.2 Å². The molecule has 0 spiro atoms. The molecule has 41 heavy (non-hydrogen) atoms. The molecule has 3 amide bonds. The Balaban J connectivity index is 3.37. The summed E-state index contributed by atoms with van der Waals surface area (Å²) in [6.45, 7) is 3.93. The van der Waals surface area contributed by atoms with Crippen LogP contribution in [0.5, 0.6) is 0 Å². The number of amides is 3. The van der Waals surface area contributed by atoms with Crippen molar-refractivity contribution < 1.29 is 53.7 Å². The number of ketones is 2. The smallest absolute Gasteiger partial charge is 0.320 e. The lowest BCUT2D eigenvalue weighted by atomic mass is 9.84. The quantitative estimate of drug-likeness (QED) is 0.0861. The molecule has 8 N–H and O–H groups in total. The van der Waals surface area contributed by atoms with Crippen molar-refractivity contribution >= 4 is 47.2 Å². The van der Waals surface area contributed by atoms with Gasteiger partial charge in [0.1, 0.15) is 24.0 Å². The summed E-state index contributed by atoms with van der Waals surface area (Å²) in [5.74, 6) is -11.6. The Bertz CT molecular complexity index is 1150. The Hall–Kier alpha value is -4.66. The van der Waals surface area contributed by atoms with Crippen LogP contribution >= 0.6 is 0 Å². The maximum absolute atomic E-state index is 13.6. The van der Waals surface area contributed by atoms with E-state index in [1.807, 2.05) is 0 Å². The topological polar surface area (TPSA) is 259 Å². The first-order valence-corrected chi connectivity index (χ1v) is 12.5. The van der Waals surface area contributed by atoms with E-state index in [1.54, 1.807) is 6.07 Å². The van der Waals surface area contributed by atoms with Crippen LogP contribution in [0.2, 0.25) is 0 Å². The van der Waals surface area contributed by atoms with Gasteiger partial charge in [0.05, 0.1) is 18.9 Å². The van der Waals surface area contributed by atoms with Crippen molar-refractivity contribution in [3.8, 4) is 0 Å². The van der Waals surface area contributed by atoms with Gasteiger partial charge in [0, 0.05) is 18.9 Å². The molecule has 224 valence electrons. The minimum atomic E-state index is -1.74. The fraction of sp³-hybridized carbons (Fsp3) is 0.462. The largest absolute Gasteiger partial charge is 0.481 e. The van der Waals surface area contributed by atoms with Crippen LogP contribution in [-0.2, 0) is 33.6 Å². The normalized spacial score (nSPS) is 14.5. The minimum Gasteiger partial charge on any atom is -0.481 e. The van der Waals surface area contributed by atoms with Gasteiger partial charge in [-0.15, -0.1) is 0 Å². The highest BCUT2D eigenvalue weighted by Gasteiger charge is 2.39. The van der Waals surface area contributed by atoms with E-state index in [1.165, 1.54) is 38.1 Å². The van der Waals surface area contributed by atoms with Gasteiger partial charge in [-0.05, 0) is 5.92 Å². The molecule has 0 aliphatic heterocycles. The zero-order valence-corrected chi connectivity index (χ0v) is 22.7. The molecule has 0 heterocycles. The van der Waals surface area contributed by atoms with Crippen LogP contribution in [0.3, 0.4) is 0 Å². The number of benzene rings is 1. The standard InChI is InChI=1S/C26H34N4O11/c1-12(2)21(25(39)30-17(10-19(32)33)22(36)14-7-5-4-6-8-14)23(37)16(9-15(27)26(40)41)29-24(38)18(11-20(34)35)28-13(3)31/h4-8,12,15-18,21H,9-11,27H2,1-3H3,(H,28,31)(H,29,38)(H,30,39)(H,32,33)(H,34,35)(H,40,41)/t15?,16-,17-,18-,21-/m0/s1. The van der Waals surface area contributed by atoms with Gasteiger partial charge in [-0.25, -0.2) is 0 Å². The Morgan fingerprint density at radius 3 is 1.73 bits per heavy atom. The molecule has 0 fully saturated rings. The zero-order valence-electron chi connectivity index (χ0n) is 22.7. The van der Waals surface area contributed by atoms with Gasteiger partial charge in [0.15, 0.2) is 11.6 Å². The summed E-state index contributed by atoms with van der Waals surface area (Å²) in [6.07, 6.45) is -2.39. The van der Waals surface area contributed by atoms with Crippen molar-refractivity contribution in [1.29, 1.82) is 0 Å². The molecule has 0 saturated heterocycles. The van der Waals surface area contributed by atoms with E-state index in [0.29, 0.717) is 0 Å². The van der Waals surface area contributed by atoms with Crippen LogP contribution < -0.4 is 21.7 Å². The van der Waals surface area contributed by atoms with Crippen molar-refractivity contribution in [3.63, 3.8) is 0 Å². The lowest BCUT2D eigenvalue weighted by Crippen LogP contribution is -2.57. The monoisotopic (exact) mass is 578 g/mol. The van der Waals surface area contributed by atoms with Gasteiger partial charge in [-0.3, -0.25) is 38.4 Å². The van der Waals surface area contributed by atoms with Crippen LogP contribution in [0, 0.1) is 11.8 Å². The summed E-state index contributed by atoms with van der Waals surface area (Å²) in [4.78, 5) is 98.2. The van der Waals surface area contributed by atoms with Crippen LogP contribution in [0.1, 0.15) is 50.4 Å². The highest BCUT2D eigenvalue weighted by Crippen LogP contribution is 2.19. The van der Waals surface area contributed by atoms with E-state index in [-0.39, 0.29) is 5.56 Å². The third-order valence-electron chi connectivity index (χ3n) is 5.87. The van der Waals surface area contributed by atoms with E-state index < -0.39 is 102 Å². The van der Waals surface area contributed by atoms with Crippen LogP contribution in [0.4, 0.5) is 0 Å². The van der Waals surface area contributed by atoms with Crippen molar-refractivity contribution in [2.75, 3.05) is 0 Å². The van der Waals surface area contributed by atoms with E-state index in [0.717, 1.165) is 6.92 Å². The summed E-state index contributed by atoms with van der Waals surface area (Å²) in [7, 11) is 0. The molecule has 1 rings (SSSR count). The van der Waals surface area contributed by atoms with Gasteiger partial charge < -0.3 is 37.0 Å². The van der Waals surface area contributed by atoms with Gasteiger partial charge in [-0.2, -0.15) is 0 Å². The van der Waals surface area contributed by atoms with Gasteiger partial charge in [0.25, 0.3) is 0 Å². The first-order valence-electron chi connectivity index (χ1n) is 12.5. The van der Waals surface area contributed by atoms with Crippen molar-refractivity contribution in [2.24, 2.45) is 17.6 Å². The van der Waals surface area contributed by atoms with Gasteiger partial charge >= 0.3 is 17.9 Å². The molecule has 0 aromatic heterocycles. The van der Waals surface area contributed by atoms with E-state index in [2.05, 4.69) is 16.0 Å². The SMILES string of the molecule is CC(=O)N[C@@H](CC(=O)O)C(=O)N[C@@H](CC(N)C(=O)O)C(=O)[C@@H](C(=O)N[C@@H](CC(=O)O)C(=O)c1ccccc1)C(C)C. The van der Waals surface area contributed by atoms with Gasteiger partial charge in [0.2, 0.25) is 17.7 Å². The maximum Gasteiger partial charge on any atom is 0.320 e. The molecule has 15 nitrogen and oxygen atoms in total. The highest BCUT2D eigenvalue weighted by atomic mass is 16.4. The molecule has 0 saturated carbocycles. The summed E-state index contributed by atoms with van der Waals surface area (Å²) in [5.41, 5.74) is 5.69. The lowest BCUT2D eigenvalue weighted by Gasteiger charge is -2.28. The number of carboxylic acid groups (broad SMARTS) is 3. The fourth-order valence-corrected chi connectivity index (χ4v) is 3.93. The van der Waals surface area contributed by atoms with E-state index in [9.17, 15) is 48.6 Å². The molecule has 0 aliphatic rings. The van der Waals surface area contributed by atoms with E-state index >= 15 is 0 Å². The molecular weight excluding hydrogens is 544 g/mol. The summed E-state index contributed by atoms with van der Waals surface area (Å²) in [6, 6.07) is 0.874. The first kappa shape index (κ1) is 34.4. The third kappa shape index (κ3) is 11.2. The Morgan fingerprint density at radius 1 is 0.756 bits per heavy atom. The first-order chi connectivity index (χ1) is 19.0. The van der Waals surface area contributed by atoms with E-state index in [4.69, 9.17) is 10.8 Å². The summed E-state index contributed by atoms with van der Waals surface area (Å²) >= 11 is 0. The number of carboxylic acids is 3. The Morgan fingerprint density at radius 2 is 1.27 bits per heavy atom. The number of hydrogen-bond donors (Lipinski definition) is 7. The summed E-state index contributed by atoms with van der Waals surface area (Å²) < 4.78 is 0. The second-order valence-corrected chi connectivity index (χ2v) is 9.61. The number of Topliss-reactive ketones (excluding diaryl/α,β-unsaturated/α-hetero) is 2. The molecule has 1 unspecified atom stereocenters. The predicted octanol–water partition coefficient (Wildman–Crippen LogP) is -1.06. The van der Waals surface area contributed by atoms with Crippen molar-refractivity contribution in [2.45, 2.75) is 64.2 Å². The summed E-state index contributed by atoms with van der Waals surface area (Å²) in [5, 5.41) is 34.3. The molecule has 1 aromatic rings. The average Bonchev–Trinajstić information content (AvgIpc) is 2.86. The van der Waals surface area contributed by atoms with Crippen molar-refractivity contribution in [1.82, 2.24) is 16.0 Å². The molecule has 1 aromatic carbocycles.